The van der Waals surface area contributed by atoms with Crippen LogP contribution in [0.3, 0.4) is 0 Å². The molecule has 0 radical (unpaired) electrons. The molecule has 1 aromatic carbocycles. The zero-order valence-electron chi connectivity index (χ0n) is 11.5. The standard InChI is InChI=1S/C16H20N2O/c1-11-9-18-16(19-11)12(2)17-10-14-5-3-4-6-15(14)13-7-8-13/h3-6,9,12-13,17H,7-8,10H2,1-2H3. The Balaban J connectivity index is 1.66. The first-order chi connectivity index (χ1) is 9.24. The molecule has 3 rings (SSSR count). The van der Waals surface area contributed by atoms with Crippen LogP contribution in [0.5, 0.6) is 0 Å². The predicted octanol–water partition coefficient (Wildman–Crippen LogP) is 3.71. The number of nitrogens with zero attached hydrogens (tertiary/aromatic N) is 1. The van der Waals surface area contributed by atoms with Crippen LogP contribution in [0.25, 0.3) is 0 Å². The average molecular weight is 256 g/mol. The van der Waals surface area contributed by atoms with Crippen molar-refractivity contribution in [3.05, 3.63) is 53.2 Å². The van der Waals surface area contributed by atoms with Crippen LogP contribution in [0.1, 0.15) is 54.5 Å². The van der Waals surface area contributed by atoms with Gasteiger partial charge in [-0.05, 0) is 43.7 Å². The van der Waals surface area contributed by atoms with E-state index in [1.54, 1.807) is 6.20 Å². The summed E-state index contributed by atoms with van der Waals surface area (Å²) in [5.41, 5.74) is 2.91. The van der Waals surface area contributed by atoms with Crippen molar-refractivity contribution in [2.45, 2.75) is 45.2 Å². The Hall–Kier alpha value is -1.61. The van der Waals surface area contributed by atoms with Gasteiger partial charge in [-0.3, -0.25) is 0 Å². The highest BCUT2D eigenvalue weighted by Gasteiger charge is 2.25. The second-order valence-corrected chi connectivity index (χ2v) is 5.38. The lowest BCUT2D eigenvalue weighted by Crippen LogP contribution is -2.19. The lowest BCUT2D eigenvalue weighted by atomic mass is 10.0. The highest BCUT2D eigenvalue weighted by Crippen LogP contribution is 2.41. The smallest absolute Gasteiger partial charge is 0.211 e. The number of benzene rings is 1. The molecular formula is C16H20N2O. The maximum Gasteiger partial charge on any atom is 0.211 e. The maximum absolute atomic E-state index is 5.55. The molecule has 1 N–H and O–H groups in total. The third-order valence-electron chi connectivity index (χ3n) is 3.68. The fourth-order valence-electron chi connectivity index (χ4n) is 2.41. The largest absolute Gasteiger partial charge is 0.444 e. The van der Waals surface area contributed by atoms with Gasteiger partial charge in [-0.2, -0.15) is 0 Å². The molecule has 3 nitrogen and oxygen atoms in total. The quantitative estimate of drug-likeness (QED) is 0.886. The first-order valence-electron chi connectivity index (χ1n) is 6.97. The highest BCUT2D eigenvalue weighted by molar-refractivity contribution is 5.33. The molecule has 1 fully saturated rings. The Morgan fingerprint density at radius 2 is 2.16 bits per heavy atom. The van der Waals surface area contributed by atoms with E-state index in [0.717, 1.165) is 24.1 Å². The minimum Gasteiger partial charge on any atom is -0.444 e. The van der Waals surface area contributed by atoms with E-state index in [-0.39, 0.29) is 6.04 Å². The van der Waals surface area contributed by atoms with Crippen LogP contribution < -0.4 is 5.32 Å². The van der Waals surface area contributed by atoms with E-state index in [4.69, 9.17) is 4.42 Å². The fourth-order valence-corrected chi connectivity index (χ4v) is 2.41. The summed E-state index contributed by atoms with van der Waals surface area (Å²) in [6.45, 7) is 4.88. The van der Waals surface area contributed by atoms with Gasteiger partial charge < -0.3 is 9.73 Å². The summed E-state index contributed by atoms with van der Waals surface area (Å²) in [4.78, 5) is 4.27. The van der Waals surface area contributed by atoms with E-state index in [1.807, 2.05) is 6.92 Å². The highest BCUT2D eigenvalue weighted by atomic mass is 16.4. The Morgan fingerprint density at radius 3 is 2.84 bits per heavy atom. The molecule has 1 heterocycles. The van der Waals surface area contributed by atoms with Crippen molar-refractivity contribution < 1.29 is 4.42 Å². The number of aryl methyl sites for hydroxylation is 1. The predicted molar refractivity (Wildman–Crippen MR) is 74.9 cm³/mol. The molecule has 0 aliphatic heterocycles. The molecule has 1 aromatic heterocycles. The topological polar surface area (TPSA) is 38.1 Å². The molecular weight excluding hydrogens is 236 g/mol. The monoisotopic (exact) mass is 256 g/mol. The van der Waals surface area contributed by atoms with E-state index in [0.29, 0.717) is 0 Å². The van der Waals surface area contributed by atoms with Gasteiger partial charge in [0, 0.05) is 6.54 Å². The third-order valence-corrected chi connectivity index (χ3v) is 3.68. The lowest BCUT2D eigenvalue weighted by molar-refractivity contribution is 0.402. The SMILES string of the molecule is Cc1cnc(C(C)NCc2ccccc2C2CC2)o1. The number of rotatable bonds is 5. The van der Waals surface area contributed by atoms with E-state index in [2.05, 4.69) is 41.5 Å². The van der Waals surface area contributed by atoms with Crippen molar-refractivity contribution in [3.63, 3.8) is 0 Å². The molecule has 19 heavy (non-hydrogen) atoms. The second-order valence-electron chi connectivity index (χ2n) is 5.38. The van der Waals surface area contributed by atoms with Crippen LogP contribution in [0.2, 0.25) is 0 Å². The van der Waals surface area contributed by atoms with Crippen molar-refractivity contribution >= 4 is 0 Å². The van der Waals surface area contributed by atoms with E-state index < -0.39 is 0 Å². The molecule has 3 heteroatoms. The Labute approximate surface area is 114 Å². The van der Waals surface area contributed by atoms with Gasteiger partial charge >= 0.3 is 0 Å². The minimum atomic E-state index is 0.140. The van der Waals surface area contributed by atoms with Crippen LogP contribution in [-0.4, -0.2) is 4.98 Å². The van der Waals surface area contributed by atoms with Crippen LogP contribution in [0, 0.1) is 6.92 Å². The van der Waals surface area contributed by atoms with Crippen LogP contribution in [0.4, 0.5) is 0 Å². The molecule has 1 atom stereocenters. The molecule has 1 saturated carbocycles. The Bertz CT molecular complexity index is 557. The summed E-state index contributed by atoms with van der Waals surface area (Å²) >= 11 is 0. The van der Waals surface area contributed by atoms with Crippen molar-refractivity contribution in [1.29, 1.82) is 0 Å². The first-order valence-corrected chi connectivity index (χ1v) is 6.97. The van der Waals surface area contributed by atoms with E-state index in [1.165, 1.54) is 24.0 Å². The van der Waals surface area contributed by atoms with Crippen molar-refractivity contribution in [2.24, 2.45) is 0 Å². The molecule has 1 unspecified atom stereocenters. The van der Waals surface area contributed by atoms with Gasteiger partial charge in [0.15, 0.2) is 0 Å². The molecule has 0 spiro atoms. The van der Waals surface area contributed by atoms with Gasteiger partial charge in [0.25, 0.3) is 0 Å². The number of oxazole rings is 1. The van der Waals surface area contributed by atoms with E-state index in [9.17, 15) is 0 Å². The summed E-state index contributed by atoms with van der Waals surface area (Å²) in [6, 6.07) is 8.87. The van der Waals surface area contributed by atoms with Gasteiger partial charge in [-0.25, -0.2) is 4.98 Å². The molecule has 1 aliphatic carbocycles. The van der Waals surface area contributed by atoms with E-state index >= 15 is 0 Å². The maximum atomic E-state index is 5.55. The van der Waals surface area contributed by atoms with Gasteiger partial charge in [0.05, 0.1) is 12.2 Å². The van der Waals surface area contributed by atoms with Crippen molar-refractivity contribution in [3.8, 4) is 0 Å². The molecule has 0 bridgehead atoms. The number of hydrogen-bond acceptors (Lipinski definition) is 3. The zero-order valence-corrected chi connectivity index (χ0v) is 11.5. The van der Waals surface area contributed by atoms with Gasteiger partial charge in [0.2, 0.25) is 5.89 Å². The van der Waals surface area contributed by atoms with Crippen molar-refractivity contribution in [2.75, 3.05) is 0 Å². The Morgan fingerprint density at radius 1 is 1.37 bits per heavy atom. The Kier molecular flexibility index (Phi) is 3.38. The molecule has 0 saturated heterocycles. The van der Waals surface area contributed by atoms with Crippen LogP contribution in [-0.2, 0) is 6.54 Å². The van der Waals surface area contributed by atoms with Crippen LogP contribution >= 0.6 is 0 Å². The summed E-state index contributed by atoms with van der Waals surface area (Å²) in [5.74, 6) is 2.42. The lowest BCUT2D eigenvalue weighted by Gasteiger charge is -2.13. The number of aromatic nitrogens is 1. The molecule has 1 aliphatic rings. The zero-order chi connectivity index (χ0) is 13.2. The molecule has 0 amide bonds. The number of hydrogen-bond donors (Lipinski definition) is 1. The average Bonchev–Trinajstić information content (AvgIpc) is 3.18. The summed E-state index contributed by atoms with van der Waals surface area (Å²) in [6.07, 6.45) is 4.45. The molecule has 2 aromatic rings. The van der Waals surface area contributed by atoms with Gasteiger partial charge in [-0.15, -0.1) is 0 Å². The normalized spacial score (nSPS) is 16.5. The van der Waals surface area contributed by atoms with Crippen molar-refractivity contribution in [1.82, 2.24) is 10.3 Å². The fraction of sp³-hybridized carbons (Fsp3) is 0.438. The molecule has 100 valence electrons. The van der Waals surface area contributed by atoms with Crippen LogP contribution in [0.15, 0.2) is 34.9 Å². The summed E-state index contributed by atoms with van der Waals surface area (Å²) in [5, 5.41) is 3.50. The number of nitrogens with one attached hydrogen (secondary N) is 1. The summed E-state index contributed by atoms with van der Waals surface area (Å²) < 4.78 is 5.55. The first kappa shape index (κ1) is 12.4. The minimum absolute atomic E-state index is 0.140. The van der Waals surface area contributed by atoms with Gasteiger partial charge in [-0.1, -0.05) is 24.3 Å². The third kappa shape index (κ3) is 2.87. The second kappa shape index (κ2) is 5.17. The summed E-state index contributed by atoms with van der Waals surface area (Å²) in [7, 11) is 0. The van der Waals surface area contributed by atoms with Gasteiger partial charge in [0.1, 0.15) is 5.76 Å².